The Morgan fingerprint density at radius 1 is 1.03 bits per heavy atom. The van der Waals surface area contributed by atoms with E-state index in [1.165, 1.54) is 0 Å². The molecule has 1 fully saturated rings. The van der Waals surface area contributed by atoms with Gasteiger partial charge in [0.05, 0.1) is 25.6 Å². The van der Waals surface area contributed by atoms with Crippen molar-refractivity contribution in [3.05, 3.63) is 66.0 Å². The molecule has 2 aromatic carbocycles. The summed E-state index contributed by atoms with van der Waals surface area (Å²) in [5.41, 5.74) is 1.68. The Morgan fingerprint density at radius 2 is 1.70 bits per heavy atom. The van der Waals surface area contributed by atoms with Crippen LogP contribution in [0.2, 0.25) is 0 Å². The first-order valence-corrected chi connectivity index (χ1v) is 11.0. The molecule has 1 aliphatic rings. The maximum absolute atomic E-state index is 12.9. The van der Waals surface area contributed by atoms with Crippen molar-refractivity contribution in [2.45, 2.75) is 25.8 Å². The summed E-state index contributed by atoms with van der Waals surface area (Å²) in [6.45, 7) is 3.62. The normalized spacial score (nSPS) is 14.1. The zero-order valence-electron chi connectivity index (χ0n) is 18.7. The maximum atomic E-state index is 12.9. The fourth-order valence-electron chi connectivity index (χ4n) is 3.75. The van der Waals surface area contributed by atoms with Gasteiger partial charge in [-0.05, 0) is 68.3 Å². The highest BCUT2D eigenvalue weighted by molar-refractivity contribution is 5.94. The number of likely N-dealkylation sites (tertiary alicyclic amines) is 1. The number of benzene rings is 2. The van der Waals surface area contributed by atoms with Crippen molar-refractivity contribution in [3.63, 3.8) is 0 Å². The van der Waals surface area contributed by atoms with Crippen LogP contribution in [0.3, 0.4) is 0 Å². The molecule has 172 valence electrons. The van der Waals surface area contributed by atoms with Gasteiger partial charge in [-0.1, -0.05) is 5.21 Å². The van der Waals surface area contributed by atoms with E-state index in [-0.39, 0.29) is 17.9 Å². The first-order chi connectivity index (χ1) is 16.1. The van der Waals surface area contributed by atoms with E-state index in [0.29, 0.717) is 49.5 Å². The van der Waals surface area contributed by atoms with Crippen LogP contribution in [0.1, 0.15) is 40.6 Å². The number of hydrogen-bond donors (Lipinski definition) is 1. The number of piperidine rings is 1. The Bertz CT molecular complexity index is 1090. The van der Waals surface area contributed by atoms with Crippen LogP contribution in [-0.4, -0.2) is 64.6 Å². The number of aromatic nitrogens is 3. The number of hydrogen-bond acceptors (Lipinski definition) is 6. The molecule has 1 aliphatic heterocycles. The first kappa shape index (κ1) is 22.3. The van der Waals surface area contributed by atoms with Gasteiger partial charge in [0.2, 0.25) is 0 Å². The molecule has 9 nitrogen and oxygen atoms in total. The van der Waals surface area contributed by atoms with E-state index in [1.54, 1.807) is 47.2 Å². The lowest BCUT2D eigenvalue weighted by Gasteiger charge is -2.31. The third kappa shape index (κ3) is 5.31. The number of nitrogens with zero attached hydrogens (tertiary/aromatic N) is 4. The highest BCUT2D eigenvalue weighted by Crippen LogP contribution is 2.17. The molecule has 2 heterocycles. The van der Waals surface area contributed by atoms with Crippen LogP contribution in [0, 0.1) is 0 Å². The number of nitrogens with one attached hydrogen (secondary N) is 1. The molecule has 0 bridgehead atoms. The van der Waals surface area contributed by atoms with Gasteiger partial charge >= 0.3 is 0 Å². The summed E-state index contributed by atoms with van der Waals surface area (Å²) in [4.78, 5) is 27.1. The second-order valence-corrected chi connectivity index (χ2v) is 7.74. The van der Waals surface area contributed by atoms with Crippen LogP contribution in [-0.2, 0) is 0 Å². The van der Waals surface area contributed by atoms with Crippen molar-refractivity contribution in [1.29, 1.82) is 0 Å². The van der Waals surface area contributed by atoms with E-state index in [0.717, 1.165) is 11.4 Å². The van der Waals surface area contributed by atoms with E-state index in [4.69, 9.17) is 9.47 Å². The molecular formula is C24H27N5O4. The quantitative estimate of drug-likeness (QED) is 0.596. The number of carbonyl (C=O) groups is 2. The minimum atomic E-state index is -0.160. The van der Waals surface area contributed by atoms with Gasteiger partial charge in [0.25, 0.3) is 11.8 Å². The minimum Gasteiger partial charge on any atom is -0.497 e. The van der Waals surface area contributed by atoms with Gasteiger partial charge in [-0.15, -0.1) is 5.10 Å². The van der Waals surface area contributed by atoms with Crippen LogP contribution in [0.5, 0.6) is 11.5 Å². The molecule has 33 heavy (non-hydrogen) atoms. The second kappa shape index (κ2) is 10.2. The van der Waals surface area contributed by atoms with Crippen LogP contribution in [0.15, 0.2) is 54.7 Å². The molecule has 1 N–H and O–H groups in total. The third-order valence-corrected chi connectivity index (χ3v) is 5.59. The topological polar surface area (TPSA) is 98.6 Å². The molecule has 0 saturated carbocycles. The molecule has 4 rings (SSSR count). The molecule has 0 radical (unpaired) electrons. The predicted octanol–water partition coefficient (Wildman–Crippen LogP) is 2.71. The first-order valence-electron chi connectivity index (χ1n) is 11.0. The largest absolute Gasteiger partial charge is 0.497 e. The fraction of sp³-hybridized carbons (Fsp3) is 0.333. The van der Waals surface area contributed by atoms with Crippen LogP contribution in [0.4, 0.5) is 0 Å². The van der Waals surface area contributed by atoms with Crippen molar-refractivity contribution in [2.75, 3.05) is 26.8 Å². The summed E-state index contributed by atoms with van der Waals surface area (Å²) < 4.78 is 12.1. The molecule has 1 saturated heterocycles. The summed E-state index contributed by atoms with van der Waals surface area (Å²) in [6, 6.07) is 14.5. The highest BCUT2D eigenvalue weighted by atomic mass is 16.5. The molecule has 0 aliphatic carbocycles. The van der Waals surface area contributed by atoms with Gasteiger partial charge in [0, 0.05) is 24.7 Å². The van der Waals surface area contributed by atoms with Crippen molar-refractivity contribution in [3.8, 4) is 17.2 Å². The summed E-state index contributed by atoms with van der Waals surface area (Å²) in [5, 5.41) is 11.2. The monoisotopic (exact) mass is 449 g/mol. The molecule has 9 heteroatoms. The number of carbonyl (C=O) groups excluding carboxylic acids is 2. The van der Waals surface area contributed by atoms with Gasteiger partial charge < -0.3 is 19.7 Å². The maximum Gasteiger partial charge on any atom is 0.276 e. The smallest absolute Gasteiger partial charge is 0.276 e. The molecule has 2 amide bonds. The average Bonchev–Trinajstić information content (AvgIpc) is 3.35. The fourth-order valence-corrected chi connectivity index (χ4v) is 3.75. The molecule has 0 unspecified atom stereocenters. The summed E-state index contributed by atoms with van der Waals surface area (Å²) in [7, 11) is 1.59. The number of ether oxygens (including phenoxy) is 2. The van der Waals surface area contributed by atoms with Crippen LogP contribution < -0.4 is 14.8 Å². The van der Waals surface area contributed by atoms with Gasteiger partial charge in [-0.3, -0.25) is 9.59 Å². The van der Waals surface area contributed by atoms with Crippen molar-refractivity contribution < 1.29 is 19.1 Å². The third-order valence-electron chi connectivity index (χ3n) is 5.59. The zero-order chi connectivity index (χ0) is 23.2. The van der Waals surface area contributed by atoms with Gasteiger partial charge in [-0.25, -0.2) is 4.68 Å². The van der Waals surface area contributed by atoms with E-state index in [9.17, 15) is 9.59 Å². The summed E-state index contributed by atoms with van der Waals surface area (Å²) in [5.74, 6) is 1.20. The number of methoxy groups -OCH3 is 1. The van der Waals surface area contributed by atoms with E-state index < -0.39 is 0 Å². The van der Waals surface area contributed by atoms with Crippen LogP contribution >= 0.6 is 0 Å². The van der Waals surface area contributed by atoms with E-state index in [2.05, 4.69) is 15.6 Å². The Kier molecular flexibility index (Phi) is 6.87. The van der Waals surface area contributed by atoms with Gasteiger partial charge in [0.1, 0.15) is 11.5 Å². The van der Waals surface area contributed by atoms with E-state index >= 15 is 0 Å². The summed E-state index contributed by atoms with van der Waals surface area (Å²) in [6.07, 6.45) is 3.00. The lowest BCUT2D eigenvalue weighted by atomic mass is 10.0. The minimum absolute atomic E-state index is 0.0168. The van der Waals surface area contributed by atoms with Crippen molar-refractivity contribution >= 4 is 11.8 Å². The molecule has 0 spiro atoms. The Hall–Kier alpha value is -3.88. The molecule has 0 atom stereocenters. The standard InChI is InChI=1S/C24H27N5O4/c1-3-33-21-10-6-19(7-11-21)29-16-22(26-27-29)24(31)28-14-12-18(13-15-28)25-23(30)17-4-8-20(32-2)9-5-17/h4-11,16,18H,3,12-15H2,1-2H3,(H,25,30). The van der Waals surface area contributed by atoms with Crippen molar-refractivity contribution in [1.82, 2.24) is 25.2 Å². The zero-order valence-corrected chi connectivity index (χ0v) is 18.7. The van der Waals surface area contributed by atoms with Gasteiger partial charge in [0.15, 0.2) is 5.69 Å². The van der Waals surface area contributed by atoms with Crippen LogP contribution in [0.25, 0.3) is 5.69 Å². The van der Waals surface area contributed by atoms with E-state index in [1.807, 2.05) is 31.2 Å². The average molecular weight is 450 g/mol. The highest BCUT2D eigenvalue weighted by Gasteiger charge is 2.26. The number of rotatable bonds is 7. The second-order valence-electron chi connectivity index (χ2n) is 7.74. The molecular weight excluding hydrogens is 422 g/mol. The summed E-state index contributed by atoms with van der Waals surface area (Å²) >= 11 is 0. The molecule has 1 aromatic heterocycles. The number of amides is 2. The molecule has 3 aromatic rings. The van der Waals surface area contributed by atoms with Crippen molar-refractivity contribution in [2.24, 2.45) is 0 Å². The predicted molar refractivity (Wildman–Crippen MR) is 122 cm³/mol. The Labute approximate surface area is 192 Å². The van der Waals surface area contributed by atoms with Gasteiger partial charge in [-0.2, -0.15) is 0 Å². The SMILES string of the molecule is CCOc1ccc(-n2cc(C(=O)N3CCC(NC(=O)c4ccc(OC)cc4)CC3)nn2)cc1. The Morgan fingerprint density at radius 3 is 2.33 bits per heavy atom. The lowest BCUT2D eigenvalue weighted by molar-refractivity contribution is 0.0692. The lowest BCUT2D eigenvalue weighted by Crippen LogP contribution is -2.46. The Balaban J connectivity index is 1.30.